The lowest BCUT2D eigenvalue weighted by Gasteiger charge is -2.09. The first-order valence-corrected chi connectivity index (χ1v) is 7.54. The summed E-state index contributed by atoms with van der Waals surface area (Å²) in [5.74, 6) is -0.993. The molecule has 2 rings (SSSR count). The summed E-state index contributed by atoms with van der Waals surface area (Å²) in [6.07, 6.45) is 0. The first-order chi connectivity index (χ1) is 11.4. The van der Waals surface area contributed by atoms with E-state index >= 15 is 0 Å². The molecule has 0 saturated heterocycles. The van der Waals surface area contributed by atoms with Gasteiger partial charge in [0.2, 0.25) is 0 Å². The van der Waals surface area contributed by atoms with E-state index in [0.717, 1.165) is 5.56 Å². The van der Waals surface area contributed by atoms with Gasteiger partial charge >= 0.3 is 11.6 Å². The largest absolute Gasteiger partial charge is 0.452 e. The third-order valence-corrected chi connectivity index (χ3v) is 3.53. The van der Waals surface area contributed by atoms with E-state index in [0.29, 0.717) is 17.1 Å². The molecule has 126 valence electrons. The van der Waals surface area contributed by atoms with Crippen molar-refractivity contribution in [2.45, 2.75) is 20.4 Å². The molecule has 1 heterocycles. The van der Waals surface area contributed by atoms with Gasteiger partial charge in [0, 0.05) is 17.6 Å². The third-order valence-electron chi connectivity index (χ3n) is 3.28. The Kier molecular flexibility index (Phi) is 5.76. The average molecular weight is 350 g/mol. The molecule has 0 atom stereocenters. The van der Waals surface area contributed by atoms with Crippen LogP contribution in [0, 0.1) is 13.8 Å². The number of aryl methyl sites for hydroxylation is 2. The molecule has 1 aromatic heterocycles. The minimum Gasteiger partial charge on any atom is -0.452 e. The second-order valence-corrected chi connectivity index (χ2v) is 5.60. The van der Waals surface area contributed by atoms with E-state index in [1.165, 1.54) is 13.0 Å². The van der Waals surface area contributed by atoms with Crippen LogP contribution in [-0.4, -0.2) is 18.5 Å². The Morgan fingerprint density at radius 1 is 1.21 bits per heavy atom. The van der Waals surface area contributed by atoms with Crippen LogP contribution in [0.5, 0.6) is 0 Å². The molecule has 0 bridgehead atoms. The number of carbonyl (C=O) groups excluding carboxylic acids is 2. The van der Waals surface area contributed by atoms with Crippen molar-refractivity contribution in [1.82, 2.24) is 5.32 Å². The lowest BCUT2D eigenvalue weighted by molar-refractivity contribution is -0.124. The van der Waals surface area contributed by atoms with Crippen LogP contribution in [0.25, 0.3) is 0 Å². The zero-order valence-corrected chi connectivity index (χ0v) is 14.0. The van der Waals surface area contributed by atoms with E-state index in [4.69, 9.17) is 20.8 Å². The normalized spacial score (nSPS) is 10.3. The van der Waals surface area contributed by atoms with Crippen molar-refractivity contribution < 1.29 is 18.7 Å². The number of esters is 1. The fourth-order valence-corrected chi connectivity index (χ4v) is 2.25. The SMILES string of the molecule is Cc1cc(=O)oc(C)c1C(=O)OCC(=O)NCc1ccc(Cl)cc1. The summed E-state index contributed by atoms with van der Waals surface area (Å²) in [6.45, 7) is 2.96. The minimum absolute atomic E-state index is 0.153. The summed E-state index contributed by atoms with van der Waals surface area (Å²) in [4.78, 5) is 35.0. The number of rotatable bonds is 5. The van der Waals surface area contributed by atoms with Crippen LogP contribution >= 0.6 is 11.6 Å². The second kappa shape index (κ2) is 7.79. The summed E-state index contributed by atoms with van der Waals surface area (Å²) in [6, 6.07) is 8.21. The van der Waals surface area contributed by atoms with Crippen LogP contribution in [0.4, 0.5) is 0 Å². The Bertz CT molecular complexity index is 784. The topological polar surface area (TPSA) is 85.6 Å². The van der Waals surface area contributed by atoms with Crippen molar-refractivity contribution in [2.24, 2.45) is 0 Å². The zero-order chi connectivity index (χ0) is 17.7. The third kappa shape index (κ3) is 4.70. The molecule has 0 unspecified atom stereocenters. The van der Waals surface area contributed by atoms with Crippen LogP contribution in [0.3, 0.4) is 0 Å². The van der Waals surface area contributed by atoms with Gasteiger partial charge in [-0.25, -0.2) is 9.59 Å². The molecule has 1 N–H and O–H groups in total. The number of benzene rings is 1. The predicted octanol–water partition coefficient (Wildman–Crippen LogP) is 2.38. The fraction of sp³-hybridized carbons (Fsp3) is 0.235. The Hall–Kier alpha value is -2.60. The molecule has 24 heavy (non-hydrogen) atoms. The van der Waals surface area contributed by atoms with E-state index in [-0.39, 0.29) is 11.3 Å². The highest BCUT2D eigenvalue weighted by Gasteiger charge is 2.17. The summed E-state index contributed by atoms with van der Waals surface area (Å²) in [5, 5.41) is 3.24. The lowest BCUT2D eigenvalue weighted by Crippen LogP contribution is -2.28. The average Bonchev–Trinajstić information content (AvgIpc) is 2.51. The van der Waals surface area contributed by atoms with Gasteiger partial charge in [-0.15, -0.1) is 0 Å². The van der Waals surface area contributed by atoms with Crippen LogP contribution in [0.2, 0.25) is 5.02 Å². The van der Waals surface area contributed by atoms with Crippen LogP contribution in [0.1, 0.15) is 27.2 Å². The highest BCUT2D eigenvalue weighted by Crippen LogP contribution is 2.12. The van der Waals surface area contributed by atoms with Gasteiger partial charge in [0.05, 0.1) is 0 Å². The maximum Gasteiger partial charge on any atom is 0.342 e. The number of nitrogens with one attached hydrogen (secondary N) is 1. The Morgan fingerprint density at radius 2 is 1.88 bits per heavy atom. The molecular weight excluding hydrogens is 334 g/mol. The van der Waals surface area contributed by atoms with Crippen LogP contribution in [0.15, 0.2) is 39.5 Å². The molecule has 0 saturated carbocycles. The highest BCUT2D eigenvalue weighted by atomic mass is 35.5. The van der Waals surface area contributed by atoms with Gasteiger partial charge in [-0.1, -0.05) is 23.7 Å². The molecule has 7 heteroatoms. The molecule has 0 aliphatic carbocycles. The van der Waals surface area contributed by atoms with Crippen molar-refractivity contribution in [3.63, 3.8) is 0 Å². The lowest BCUT2D eigenvalue weighted by atomic mass is 10.1. The van der Waals surface area contributed by atoms with E-state index in [2.05, 4.69) is 5.32 Å². The molecular formula is C17H16ClNO5. The Morgan fingerprint density at radius 3 is 2.50 bits per heavy atom. The van der Waals surface area contributed by atoms with Crippen molar-refractivity contribution in [3.8, 4) is 0 Å². The molecule has 6 nitrogen and oxygen atoms in total. The maximum atomic E-state index is 12.0. The number of carbonyl (C=O) groups is 2. The smallest absolute Gasteiger partial charge is 0.342 e. The van der Waals surface area contributed by atoms with Gasteiger partial charge < -0.3 is 14.5 Å². The van der Waals surface area contributed by atoms with Crippen LogP contribution < -0.4 is 10.9 Å². The molecule has 2 aromatic rings. The molecule has 0 fully saturated rings. The standard InChI is InChI=1S/C17H16ClNO5/c1-10-7-15(21)24-11(2)16(10)17(22)23-9-14(20)19-8-12-3-5-13(18)6-4-12/h3-7H,8-9H2,1-2H3,(H,19,20). The quantitative estimate of drug-likeness (QED) is 0.838. The minimum atomic E-state index is -0.713. The molecule has 0 radical (unpaired) electrons. The number of hydrogen-bond acceptors (Lipinski definition) is 5. The number of halogens is 1. The molecule has 0 spiro atoms. The van der Waals surface area contributed by atoms with Gasteiger partial charge in [0.25, 0.3) is 5.91 Å². The number of amides is 1. The van der Waals surface area contributed by atoms with Crippen molar-refractivity contribution in [1.29, 1.82) is 0 Å². The molecule has 1 amide bonds. The summed E-state index contributed by atoms with van der Waals surface area (Å²) in [7, 11) is 0. The summed E-state index contributed by atoms with van der Waals surface area (Å²) >= 11 is 5.78. The zero-order valence-electron chi connectivity index (χ0n) is 13.2. The van der Waals surface area contributed by atoms with Gasteiger partial charge in [0.1, 0.15) is 11.3 Å². The van der Waals surface area contributed by atoms with E-state index in [1.807, 2.05) is 0 Å². The summed E-state index contributed by atoms with van der Waals surface area (Å²) < 4.78 is 9.83. The van der Waals surface area contributed by atoms with E-state index < -0.39 is 24.1 Å². The predicted molar refractivity (Wildman–Crippen MR) is 88.0 cm³/mol. The first kappa shape index (κ1) is 17.7. The van der Waals surface area contributed by atoms with Gasteiger partial charge in [0.15, 0.2) is 6.61 Å². The Balaban J connectivity index is 1.88. The molecule has 1 aromatic carbocycles. The van der Waals surface area contributed by atoms with Crippen molar-refractivity contribution in [2.75, 3.05) is 6.61 Å². The van der Waals surface area contributed by atoms with Gasteiger partial charge in [-0.3, -0.25) is 4.79 Å². The first-order valence-electron chi connectivity index (χ1n) is 7.16. The van der Waals surface area contributed by atoms with Gasteiger partial charge in [-0.2, -0.15) is 0 Å². The summed E-state index contributed by atoms with van der Waals surface area (Å²) in [5.41, 5.74) is 0.924. The number of ether oxygens (including phenoxy) is 1. The van der Waals surface area contributed by atoms with E-state index in [1.54, 1.807) is 31.2 Å². The van der Waals surface area contributed by atoms with Crippen LogP contribution in [-0.2, 0) is 16.1 Å². The fourth-order valence-electron chi connectivity index (χ4n) is 2.12. The molecule has 0 aliphatic rings. The Labute approximate surface area is 143 Å². The van der Waals surface area contributed by atoms with Crippen molar-refractivity contribution >= 4 is 23.5 Å². The number of hydrogen-bond donors (Lipinski definition) is 1. The van der Waals surface area contributed by atoms with Gasteiger partial charge in [-0.05, 0) is 37.1 Å². The maximum absolute atomic E-state index is 12.0. The highest BCUT2D eigenvalue weighted by molar-refractivity contribution is 6.30. The monoisotopic (exact) mass is 349 g/mol. The van der Waals surface area contributed by atoms with Crippen molar-refractivity contribution in [3.05, 3.63) is 68.2 Å². The van der Waals surface area contributed by atoms with E-state index in [9.17, 15) is 14.4 Å². The molecule has 0 aliphatic heterocycles. The second-order valence-electron chi connectivity index (χ2n) is 5.16.